The fourth-order valence-corrected chi connectivity index (χ4v) is 5.59. The molecule has 0 radical (unpaired) electrons. The number of rotatable bonds is 5. The van der Waals surface area contributed by atoms with Crippen molar-refractivity contribution in [3.05, 3.63) is 50.6 Å². The first kappa shape index (κ1) is 20.6. The number of amides is 2. The molecule has 0 spiro atoms. The van der Waals surface area contributed by atoms with Crippen LogP contribution in [0.3, 0.4) is 0 Å². The highest BCUT2D eigenvalue weighted by molar-refractivity contribution is 7.99. The number of thiophene rings is 1. The number of hydrogen-bond donors (Lipinski definition) is 1. The number of thioether (sulfide) groups is 1. The Labute approximate surface area is 182 Å². The van der Waals surface area contributed by atoms with Crippen molar-refractivity contribution in [3.8, 4) is 0 Å². The minimum absolute atomic E-state index is 0.0385. The topological polar surface area (TPSA) is 84.3 Å². The Hall–Kier alpha value is -2.65. The summed E-state index contributed by atoms with van der Waals surface area (Å²) in [5.41, 5.74) is 2.29. The Morgan fingerprint density at radius 2 is 1.97 bits per heavy atom. The van der Waals surface area contributed by atoms with E-state index in [2.05, 4.69) is 10.3 Å². The molecule has 4 rings (SSSR count). The van der Waals surface area contributed by atoms with E-state index in [4.69, 9.17) is 0 Å². The average Bonchev–Trinajstić information content (AvgIpc) is 3.30. The van der Waals surface area contributed by atoms with E-state index in [-0.39, 0.29) is 23.1 Å². The molecule has 0 atom stereocenters. The molecule has 7 nitrogen and oxygen atoms in total. The number of hydrogen-bond acceptors (Lipinski definition) is 6. The molecule has 0 saturated carbocycles. The fraction of sp³-hybridized carbons (Fsp3) is 0.333. The van der Waals surface area contributed by atoms with E-state index in [9.17, 15) is 14.4 Å². The van der Waals surface area contributed by atoms with Crippen LogP contribution >= 0.6 is 23.1 Å². The third-order valence-corrected chi connectivity index (χ3v) is 7.28. The van der Waals surface area contributed by atoms with Crippen molar-refractivity contribution in [2.45, 2.75) is 24.4 Å². The minimum atomic E-state index is -0.199. The molecule has 2 amide bonds. The maximum absolute atomic E-state index is 12.8. The quantitative estimate of drug-likeness (QED) is 0.485. The lowest BCUT2D eigenvalue weighted by atomic mass is 10.2. The van der Waals surface area contributed by atoms with Crippen LogP contribution < -0.4 is 10.9 Å². The van der Waals surface area contributed by atoms with Crippen molar-refractivity contribution in [2.75, 3.05) is 25.2 Å². The molecule has 0 fully saturated rings. The van der Waals surface area contributed by atoms with Crippen molar-refractivity contribution in [1.29, 1.82) is 0 Å². The highest BCUT2D eigenvalue weighted by Gasteiger charge is 2.22. The first-order chi connectivity index (χ1) is 14.3. The second kappa shape index (κ2) is 8.23. The van der Waals surface area contributed by atoms with Gasteiger partial charge in [0, 0.05) is 37.3 Å². The summed E-state index contributed by atoms with van der Waals surface area (Å²) in [4.78, 5) is 45.3. The van der Waals surface area contributed by atoms with E-state index in [1.54, 1.807) is 56.7 Å². The van der Waals surface area contributed by atoms with Crippen LogP contribution in [0, 0.1) is 0 Å². The third kappa shape index (κ3) is 3.87. The number of benzene rings is 1. The maximum Gasteiger partial charge on any atom is 0.262 e. The van der Waals surface area contributed by atoms with Gasteiger partial charge in [0.05, 0.1) is 11.1 Å². The van der Waals surface area contributed by atoms with Crippen LogP contribution in [0.2, 0.25) is 0 Å². The first-order valence-corrected chi connectivity index (χ1v) is 11.4. The Morgan fingerprint density at radius 3 is 2.67 bits per heavy atom. The molecule has 2 aromatic heterocycles. The van der Waals surface area contributed by atoms with E-state index < -0.39 is 0 Å². The van der Waals surface area contributed by atoms with Gasteiger partial charge in [0.1, 0.15) is 4.83 Å². The summed E-state index contributed by atoms with van der Waals surface area (Å²) in [6, 6.07) is 6.76. The zero-order valence-corrected chi connectivity index (χ0v) is 18.7. The molecule has 156 valence electrons. The maximum atomic E-state index is 12.8. The van der Waals surface area contributed by atoms with Crippen molar-refractivity contribution >= 4 is 50.8 Å². The summed E-state index contributed by atoms with van der Waals surface area (Å²) in [6.45, 7) is 0. The molecule has 9 heteroatoms. The molecule has 1 aromatic carbocycles. The van der Waals surface area contributed by atoms with E-state index in [1.807, 2.05) is 0 Å². The molecule has 1 N–H and O–H groups in total. The Bertz CT molecular complexity index is 1200. The Kier molecular flexibility index (Phi) is 5.66. The van der Waals surface area contributed by atoms with E-state index in [0.717, 1.165) is 35.0 Å². The van der Waals surface area contributed by atoms with E-state index >= 15 is 0 Å². The van der Waals surface area contributed by atoms with E-state index in [0.29, 0.717) is 16.4 Å². The smallest absolute Gasteiger partial charge is 0.262 e. The Morgan fingerprint density at radius 1 is 1.23 bits per heavy atom. The predicted molar refractivity (Wildman–Crippen MR) is 121 cm³/mol. The molecule has 1 aliphatic carbocycles. The summed E-state index contributed by atoms with van der Waals surface area (Å²) < 4.78 is 1.53. The molecule has 0 unspecified atom stereocenters. The van der Waals surface area contributed by atoms with Gasteiger partial charge in [-0.25, -0.2) is 4.98 Å². The lowest BCUT2D eigenvalue weighted by Crippen LogP contribution is -2.22. The number of carbonyl (C=O) groups excluding carboxylic acids is 2. The first-order valence-electron chi connectivity index (χ1n) is 9.61. The van der Waals surface area contributed by atoms with Crippen LogP contribution in [0.1, 0.15) is 27.2 Å². The van der Waals surface area contributed by atoms with Gasteiger partial charge in [0.15, 0.2) is 5.16 Å². The zero-order chi connectivity index (χ0) is 21.4. The number of aromatic nitrogens is 2. The molecule has 3 aromatic rings. The monoisotopic (exact) mass is 442 g/mol. The molecule has 1 aliphatic rings. The van der Waals surface area contributed by atoms with Gasteiger partial charge in [-0.2, -0.15) is 0 Å². The van der Waals surface area contributed by atoms with Crippen molar-refractivity contribution in [2.24, 2.45) is 7.05 Å². The number of nitrogens with one attached hydrogen (secondary N) is 1. The fourth-order valence-electron chi connectivity index (χ4n) is 3.52. The van der Waals surface area contributed by atoms with Crippen LogP contribution in [0.25, 0.3) is 10.2 Å². The normalized spacial score (nSPS) is 12.8. The molecule has 30 heavy (non-hydrogen) atoms. The highest BCUT2D eigenvalue weighted by Crippen LogP contribution is 2.35. The summed E-state index contributed by atoms with van der Waals surface area (Å²) in [5.74, 6) is -0.157. The average molecular weight is 443 g/mol. The van der Waals surface area contributed by atoms with Crippen LogP contribution in [0.5, 0.6) is 0 Å². The largest absolute Gasteiger partial charge is 0.345 e. The van der Waals surface area contributed by atoms with Gasteiger partial charge in [-0.15, -0.1) is 11.3 Å². The molecule has 2 heterocycles. The number of nitrogens with zero attached hydrogens (tertiary/aromatic N) is 3. The minimum Gasteiger partial charge on any atom is -0.345 e. The lowest BCUT2D eigenvalue weighted by Gasteiger charge is -2.11. The number of aryl methyl sites for hydroxylation is 2. The van der Waals surface area contributed by atoms with Crippen LogP contribution in [-0.4, -0.2) is 46.1 Å². The highest BCUT2D eigenvalue weighted by atomic mass is 32.2. The van der Waals surface area contributed by atoms with Crippen LogP contribution in [0.15, 0.2) is 34.2 Å². The predicted octanol–water partition coefficient (Wildman–Crippen LogP) is 2.92. The standard InChI is InChI=1S/C21H22N4O3S2/c1-24(2)19(27)12-7-9-13(10-8-12)22-16(26)11-29-21-23-18-17(20(28)25(21)3)14-5-4-6-15(14)30-18/h7-10H,4-6,11H2,1-3H3,(H,22,26). The summed E-state index contributed by atoms with van der Waals surface area (Å²) in [6.07, 6.45) is 3.06. The van der Waals surface area contributed by atoms with Gasteiger partial charge in [-0.3, -0.25) is 19.0 Å². The molecule has 0 bridgehead atoms. The third-order valence-electron chi connectivity index (χ3n) is 5.06. The summed E-state index contributed by atoms with van der Waals surface area (Å²) in [7, 11) is 5.09. The SMILES string of the molecule is CN(C)C(=O)c1ccc(NC(=O)CSc2nc3sc4c(c3c(=O)n2C)CCC4)cc1. The lowest BCUT2D eigenvalue weighted by molar-refractivity contribution is -0.113. The number of fused-ring (bicyclic) bond motifs is 3. The van der Waals surface area contributed by atoms with Gasteiger partial charge in [0.25, 0.3) is 11.5 Å². The van der Waals surface area contributed by atoms with Gasteiger partial charge >= 0.3 is 0 Å². The molecule has 0 aliphatic heterocycles. The molecular formula is C21H22N4O3S2. The number of anilines is 1. The second-order valence-electron chi connectivity index (χ2n) is 7.41. The van der Waals surface area contributed by atoms with Gasteiger partial charge < -0.3 is 10.2 Å². The van der Waals surface area contributed by atoms with Crippen LogP contribution in [-0.2, 0) is 24.7 Å². The van der Waals surface area contributed by atoms with Crippen LogP contribution in [0.4, 0.5) is 5.69 Å². The van der Waals surface area contributed by atoms with Crippen molar-refractivity contribution in [1.82, 2.24) is 14.5 Å². The van der Waals surface area contributed by atoms with Gasteiger partial charge in [0.2, 0.25) is 5.91 Å². The molecule has 0 saturated heterocycles. The zero-order valence-electron chi connectivity index (χ0n) is 17.0. The Balaban J connectivity index is 1.44. The summed E-state index contributed by atoms with van der Waals surface area (Å²) >= 11 is 2.84. The second-order valence-corrected chi connectivity index (χ2v) is 9.44. The van der Waals surface area contributed by atoms with E-state index in [1.165, 1.54) is 26.1 Å². The van der Waals surface area contributed by atoms with Crippen molar-refractivity contribution < 1.29 is 9.59 Å². The number of carbonyl (C=O) groups is 2. The molecular weight excluding hydrogens is 420 g/mol. The van der Waals surface area contributed by atoms with Gasteiger partial charge in [-0.1, -0.05) is 11.8 Å². The van der Waals surface area contributed by atoms with Crippen molar-refractivity contribution in [3.63, 3.8) is 0 Å². The van der Waals surface area contributed by atoms with Gasteiger partial charge in [-0.05, 0) is 49.1 Å². The summed E-state index contributed by atoms with van der Waals surface area (Å²) in [5, 5.41) is 4.10.